The molecule has 5 rings (SSSR count). The van der Waals surface area contributed by atoms with Crippen LogP contribution in [0.15, 0.2) is 47.3 Å². The first-order chi connectivity index (χ1) is 14.7. The van der Waals surface area contributed by atoms with Crippen LogP contribution < -0.4 is 10.1 Å². The highest BCUT2D eigenvalue weighted by Gasteiger charge is 2.25. The summed E-state index contributed by atoms with van der Waals surface area (Å²) in [4.78, 5) is 22.2. The van der Waals surface area contributed by atoms with Gasteiger partial charge in [0.05, 0.1) is 17.2 Å². The molecule has 0 aliphatic carbocycles. The van der Waals surface area contributed by atoms with Crippen molar-refractivity contribution in [2.24, 2.45) is 0 Å². The fourth-order valence-electron chi connectivity index (χ4n) is 4.00. The van der Waals surface area contributed by atoms with Crippen molar-refractivity contribution in [1.29, 1.82) is 0 Å². The van der Waals surface area contributed by atoms with Crippen LogP contribution in [-0.4, -0.2) is 39.9 Å². The standard InChI is InChI=1S/C22H22N4O3S/c1-14(27)26-8-2-3-16(26)11-24-10-15-13-28-20-9-17(4-5-18(15)20)29-22-25-19-12-23-7-6-21(19)30-22/h4-7,9,12-13,16,24H,2-3,8,10-11H2,1H3. The summed E-state index contributed by atoms with van der Waals surface area (Å²) in [5.41, 5.74) is 2.70. The van der Waals surface area contributed by atoms with Crippen LogP contribution in [0.3, 0.4) is 0 Å². The Balaban J connectivity index is 1.25. The Kier molecular flexibility index (Phi) is 5.10. The van der Waals surface area contributed by atoms with Crippen molar-refractivity contribution in [3.63, 3.8) is 0 Å². The maximum Gasteiger partial charge on any atom is 0.279 e. The molecular weight excluding hydrogens is 400 g/mol. The predicted octanol–water partition coefficient (Wildman–Crippen LogP) is 4.33. The predicted molar refractivity (Wildman–Crippen MR) is 116 cm³/mol. The van der Waals surface area contributed by atoms with Crippen LogP contribution >= 0.6 is 11.3 Å². The second-order valence-electron chi connectivity index (χ2n) is 7.48. The Morgan fingerprint density at radius 1 is 1.40 bits per heavy atom. The summed E-state index contributed by atoms with van der Waals surface area (Å²) < 4.78 is 12.7. The molecule has 0 radical (unpaired) electrons. The summed E-state index contributed by atoms with van der Waals surface area (Å²) in [7, 11) is 0. The topological polar surface area (TPSA) is 80.5 Å². The van der Waals surface area contributed by atoms with Gasteiger partial charge in [-0.2, -0.15) is 0 Å². The molecule has 1 aromatic carbocycles. The van der Waals surface area contributed by atoms with Crippen molar-refractivity contribution >= 4 is 38.4 Å². The van der Waals surface area contributed by atoms with Crippen LogP contribution in [0.5, 0.6) is 10.9 Å². The summed E-state index contributed by atoms with van der Waals surface area (Å²) in [6.45, 7) is 4.00. The van der Waals surface area contributed by atoms with Gasteiger partial charge in [-0.05, 0) is 31.0 Å². The molecule has 1 unspecified atom stereocenters. The van der Waals surface area contributed by atoms with E-state index in [2.05, 4.69) is 15.3 Å². The molecule has 8 heteroatoms. The number of hydrogen-bond acceptors (Lipinski definition) is 7. The second kappa shape index (κ2) is 8.04. The van der Waals surface area contributed by atoms with Gasteiger partial charge in [-0.3, -0.25) is 9.78 Å². The Morgan fingerprint density at radius 3 is 3.20 bits per heavy atom. The van der Waals surface area contributed by atoms with Gasteiger partial charge in [0.1, 0.15) is 16.8 Å². The molecule has 1 N–H and O–H groups in total. The largest absolute Gasteiger partial charge is 0.464 e. The third kappa shape index (κ3) is 3.76. The molecule has 1 fully saturated rings. The molecule has 4 heterocycles. The number of carbonyl (C=O) groups is 1. The summed E-state index contributed by atoms with van der Waals surface area (Å²) in [6, 6.07) is 8.04. The van der Waals surface area contributed by atoms with Gasteiger partial charge in [-0.1, -0.05) is 11.3 Å². The molecule has 1 aliphatic heterocycles. The number of benzene rings is 1. The van der Waals surface area contributed by atoms with Crippen molar-refractivity contribution < 1.29 is 13.9 Å². The van der Waals surface area contributed by atoms with Crippen molar-refractivity contribution in [3.8, 4) is 10.9 Å². The molecular formula is C22H22N4O3S. The van der Waals surface area contributed by atoms with E-state index in [9.17, 15) is 4.79 Å². The molecule has 0 spiro atoms. The van der Waals surface area contributed by atoms with Crippen LogP contribution in [-0.2, 0) is 11.3 Å². The van der Waals surface area contributed by atoms with Crippen molar-refractivity contribution in [3.05, 3.63) is 48.5 Å². The van der Waals surface area contributed by atoms with Gasteiger partial charge in [0.2, 0.25) is 5.91 Å². The van der Waals surface area contributed by atoms with E-state index in [1.807, 2.05) is 29.2 Å². The van der Waals surface area contributed by atoms with E-state index in [1.54, 1.807) is 25.6 Å². The number of nitrogens with zero attached hydrogens (tertiary/aromatic N) is 3. The summed E-state index contributed by atoms with van der Waals surface area (Å²) in [6.07, 6.45) is 7.39. The number of rotatable bonds is 6. The van der Waals surface area contributed by atoms with Gasteiger partial charge in [-0.15, -0.1) is 0 Å². The highest BCUT2D eigenvalue weighted by atomic mass is 32.1. The lowest BCUT2D eigenvalue weighted by molar-refractivity contribution is -0.129. The van der Waals surface area contributed by atoms with Gasteiger partial charge in [-0.25, -0.2) is 4.98 Å². The van der Waals surface area contributed by atoms with E-state index in [0.29, 0.717) is 17.5 Å². The lowest BCUT2D eigenvalue weighted by atomic mass is 10.1. The van der Waals surface area contributed by atoms with E-state index < -0.39 is 0 Å². The third-order valence-corrected chi connectivity index (χ3v) is 6.39. The number of carbonyl (C=O) groups excluding carboxylic acids is 1. The molecule has 0 bridgehead atoms. The Morgan fingerprint density at radius 2 is 2.33 bits per heavy atom. The van der Waals surface area contributed by atoms with Crippen LogP contribution in [0.25, 0.3) is 21.2 Å². The van der Waals surface area contributed by atoms with Crippen LogP contribution in [0.4, 0.5) is 0 Å². The van der Waals surface area contributed by atoms with Gasteiger partial charge >= 0.3 is 0 Å². The highest BCUT2D eigenvalue weighted by molar-refractivity contribution is 7.20. The Hall–Kier alpha value is -2.97. The molecule has 30 heavy (non-hydrogen) atoms. The molecule has 154 valence electrons. The number of hydrogen-bond donors (Lipinski definition) is 1. The molecule has 0 saturated carbocycles. The first kappa shape index (κ1) is 19.0. The maximum absolute atomic E-state index is 11.7. The number of nitrogens with one attached hydrogen (secondary N) is 1. The molecule has 1 saturated heterocycles. The van der Waals surface area contributed by atoms with Crippen molar-refractivity contribution in [1.82, 2.24) is 20.2 Å². The van der Waals surface area contributed by atoms with E-state index in [0.717, 1.165) is 52.7 Å². The average Bonchev–Trinajstić information content (AvgIpc) is 3.46. The molecule has 4 aromatic rings. The number of fused-ring (bicyclic) bond motifs is 2. The van der Waals surface area contributed by atoms with E-state index in [-0.39, 0.29) is 11.9 Å². The molecule has 3 aromatic heterocycles. The summed E-state index contributed by atoms with van der Waals surface area (Å²) in [5.74, 6) is 0.844. The number of pyridine rings is 1. The SMILES string of the molecule is CC(=O)N1CCCC1CNCc1coc2cc(Oc3nc4cnccc4s3)ccc12. The van der Waals surface area contributed by atoms with Gasteiger partial charge in [0.15, 0.2) is 0 Å². The van der Waals surface area contributed by atoms with Crippen LogP contribution in [0.2, 0.25) is 0 Å². The minimum Gasteiger partial charge on any atom is -0.464 e. The number of likely N-dealkylation sites (tertiary alicyclic amines) is 1. The fourth-order valence-corrected chi connectivity index (χ4v) is 4.81. The van der Waals surface area contributed by atoms with Crippen LogP contribution in [0, 0.1) is 0 Å². The molecule has 1 atom stereocenters. The smallest absolute Gasteiger partial charge is 0.279 e. The fraction of sp³-hybridized carbons (Fsp3) is 0.318. The highest BCUT2D eigenvalue weighted by Crippen LogP contribution is 2.33. The number of aromatic nitrogens is 2. The second-order valence-corrected chi connectivity index (χ2v) is 8.48. The van der Waals surface area contributed by atoms with Gasteiger partial charge in [0, 0.05) is 55.8 Å². The quantitative estimate of drug-likeness (QED) is 0.498. The minimum absolute atomic E-state index is 0.157. The van der Waals surface area contributed by atoms with Gasteiger partial charge in [0.25, 0.3) is 5.19 Å². The number of thiazole rings is 1. The Labute approximate surface area is 177 Å². The van der Waals surface area contributed by atoms with E-state index >= 15 is 0 Å². The minimum atomic E-state index is 0.157. The maximum atomic E-state index is 11.7. The lowest BCUT2D eigenvalue weighted by Gasteiger charge is -2.23. The summed E-state index contributed by atoms with van der Waals surface area (Å²) >= 11 is 1.49. The lowest BCUT2D eigenvalue weighted by Crippen LogP contribution is -2.40. The first-order valence-electron chi connectivity index (χ1n) is 10.0. The van der Waals surface area contributed by atoms with Crippen molar-refractivity contribution in [2.45, 2.75) is 32.4 Å². The number of furan rings is 1. The zero-order valence-electron chi connectivity index (χ0n) is 16.6. The van der Waals surface area contributed by atoms with E-state index in [4.69, 9.17) is 9.15 Å². The zero-order valence-corrected chi connectivity index (χ0v) is 17.4. The van der Waals surface area contributed by atoms with Crippen LogP contribution in [0.1, 0.15) is 25.3 Å². The average molecular weight is 423 g/mol. The molecule has 1 amide bonds. The molecule has 7 nitrogen and oxygen atoms in total. The normalized spacial score (nSPS) is 16.6. The number of ether oxygens (including phenoxy) is 1. The third-order valence-electron chi connectivity index (χ3n) is 5.48. The zero-order chi connectivity index (χ0) is 20.5. The summed E-state index contributed by atoms with van der Waals surface area (Å²) in [5, 5.41) is 5.11. The monoisotopic (exact) mass is 422 g/mol. The number of amides is 1. The van der Waals surface area contributed by atoms with Crippen molar-refractivity contribution in [2.75, 3.05) is 13.1 Å². The van der Waals surface area contributed by atoms with E-state index in [1.165, 1.54) is 11.3 Å². The first-order valence-corrected chi connectivity index (χ1v) is 10.9. The van der Waals surface area contributed by atoms with Gasteiger partial charge < -0.3 is 19.4 Å². The molecule has 1 aliphatic rings. The Bertz CT molecular complexity index is 1170.